The Morgan fingerprint density at radius 3 is 2.41 bits per heavy atom. The number of sulfone groups is 1. The lowest BCUT2D eigenvalue weighted by Crippen LogP contribution is -2.42. The fraction of sp³-hybridized carbons (Fsp3) is 0.467. The molecule has 0 saturated carbocycles. The number of carbonyl (C=O) groups is 2. The third-order valence-corrected chi connectivity index (χ3v) is 5.46. The molecule has 2 amide bonds. The molecule has 1 aromatic carbocycles. The van der Waals surface area contributed by atoms with Crippen molar-refractivity contribution in [3.05, 3.63) is 35.9 Å². The molecule has 1 heterocycles. The lowest BCUT2D eigenvalue weighted by molar-refractivity contribution is -0.129. The minimum atomic E-state index is -2.98. The van der Waals surface area contributed by atoms with Crippen molar-refractivity contribution in [2.45, 2.75) is 25.7 Å². The summed E-state index contributed by atoms with van der Waals surface area (Å²) in [4.78, 5) is 23.3. The van der Waals surface area contributed by atoms with Crippen LogP contribution >= 0.6 is 0 Å². The Kier molecular flexibility index (Phi) is 5.54. The van der Waals surface area contributed by atoms with Gasteiger partial charge in [-0.25, -0.2) is 8.42 Å². The Labute approximate surface area is 130 Å². The first-order chi connectivity index (χ1) is 10.4. The van der Waals surface area contributed by atoms with Crippen molar-refractivity contribution in [2.24, 2.45) is 5.92 Å². The molecule has 0 bridgehead atoms. The van der Waals surface area contributed by atoms with Crippen LogP contribution in [0.1, 0.15) is 24.8 Å². The minimum absolute atomic E-state index is 0.0579. The summed E-state index contributed by atoms with van der Waals surface area (Å²) < 4.78 is 22.6. The fourth-order valence-electron chi connectivity index (χ4n) is 2.45. The Bertz CT molecular complexity index is 628. The molecule has 1 aromatic rings. The lowest BCUT2D eigenvalue weighted by Gasteiger charge is -2.10. The van der Waals surface area contributed by atoms with Crippen molar-refractivity contribution in [2.75, 3.05) is 11.5 Å². The summed E-state index contributed by atoms with van der Waals surface area (Å²) in [5.74, 6) is -0.561. The zero-order valence-electron chi connectivity index (χ0n) is 12.2. The quantitative estimate of drug-likeness (QED) is 0.776. The van der Waals surface area contributed by atoms with E-state index in [4.69, 9.17) is 0 Å². The zero-order valence-corrected chi connectivity index (χ0v) is 13.1. The smallest absolute Gasteiger partial charge is 0.238 e. The van der Waals surface area contributed by atoms with E-state index in [2.05, 4.69) is 10.9 Å². The number of carbonyl (C=O) groups excluding carboxylic acids is 2. The molecule has 1 aliphatic heterocycles. The number of hydrogen-bond acceptors (Lipinski definition) is 4. The molecular weight excluding hydrogens is 304 g/mol. The molecule has 1 aliphatic rings. The molecule has 1 atom stereocenters. The summed E-state index contributed by atoms with van der Waals surface area (Å²) >= 11 is 0. The van der Waals surface area contributed by atoms with Gasteiger partial charge in [-0.3, -0.25) is 20.4 Å². The van der Waals surface area contributed by atoms with Crippen LogP contribution in [-0.2, 0) is 25.8 Å². The topological polar surface area (TPSA) is 92.3 Å². The maximum Gasteiger partial charge on any atom is 0.238 e. The second kappa shape index (κ2) is 7.40. The number of aryl methyl sites for hydroxylation is 1. The van der Waals surface area contributed by atoms with Crippen LogP contribution in [0.5, 0.6) is 0 Å². The maximum absolute atomic E-state index is 11.7. The van der Waals surface area contributed by atoms with Crippen LogP contribution in [-0.4, -0.2) is 31.7 Å². The third kappa shape index (κ3) is 5.48. The van der Waals surface area contributed by atoms with Crippen LogP contribution in [0.4, 0.5) is 0 Å². The molecule has 1 fully saturated rings. The van der Waals surface area contributed by atoms with Crippen molar-refractivity contribution in [3.63, 3.8) is 0 Å². The van der Waals surface area contributed by atoms with E-state index in [-0.39, 0.29) is 42.1 Å². The summed E-state index contributed by atoms with van der Waals surface area (Å²) in [6, 6.07) is 9.60. The average Bonchev–Trinajstić information content (AvgIpc) is 2.83. The van der Waals surface area contributed by atoms with Crippen LogP contribution in [0.25, 0.3) is 0 Å². The number of hydrogen-bond donors (Lipinski definition) is 2. The van der Waals surface area contributed by atoms with Gasteiger partial charge in [0.15, 0.2) is 9.84 Å². The highest BCUT2D eigenvalue weighted by atomic mass is 32.2. The Morgan fingerprint density at radius 1 is 1.09 bits per heavy atom. The molecule has 0 spiro atoms. The minimum Gasteiger partial charge on any atom is -0.273 e. The van der Waals surface area contributed by atoms with Gasteiger partial charge in [0.1, 0.15) is 0 Å². The van der Waals surface area contributed by atoms with Crippen LogP contribution in [0.15, 0.2) is 30.3 Å². The van der Waals surface area contributed by atoms with Crippen LogP contribution < -0.4 is 10.9 Å². The van der Waals surface area contributed by atoms with E-state index < -0.39 is 9.84 Å². The predicted octanol–water partition coefficient (Wildman–Crippen LogP) is 0.591. The molecule has 0 unspecified atom stereocenters. The summed E-state index contributed by atoms with van der Waals surface area (Å²) in [6.45, 7) is 0. The van der Waals surface area contributed by atoms with E-state index in [0.29, 0.717) is 12.8 Å². The SMILES string of the molecule is O=C(CCc1ccccc1)NNC(=O)C[C@@H]1CCS(=O)(=O)C1. The molecule has 0 aliphatic carbocycles. The highest BCUT2D eigenvalue weighted by Gasteiger charge is 2.29. The fourth-order valence-corrected chi connectivity index (χ4v) is 4.31. The van der Waals surface area contributed by atoms with Crippen molar-refractivity contribution in [3.8, 4) is 0 Å². The number of nitrogens with one attached hydrogen (secondary N) is 2. The van der Waals surface area contributed by atoms with Crippen molar-refractivity contribution in [1.29, 1.82) is 0 Å². The third-order valence-electron chi connectivity index (χ3n) is 3.63. The molecule has 1 saturated heterocycles. The molecule has 120 valence electrons. The summed E-state index contributed by atoms with van der Waals surface area (Å²) in [5, 5.41) is 0. The van der Waals surface area contributed by atoms with E-state index >= 15 is 0 Å². The molecular formula is C15H20N2O4S. The van der Waals surface area contributed by atoms with Gasteiger partial charge in [0.2, 0.25) is 11.8 Å². The largest absolute Gasteiger partial charge is 0.273 e. The number of rotatable bonds is 5. The van der Waals surface area contributed by atoms with Gasteiger partial charge >= 0.3 is 0 Å². The normalized spacial score (nSPS) is 19.5. The first kappa shape index (κ1) is 16.5. The molecule has 0 aromatic heterocycles. The van der Waals surface area contributed by atoms with Gasteiger partial charge in [-0.05, 0) is 24.3 Å². The zero-order chi connectivity index (χ0) is 16.0. The van der Waals surface area contributed by atoms with Gasteiger partial charge in [-0.1, -0.05) is 30.3 Å². The molecule has 22 heavy (non-hydrogen) atoms. The summed E-state index contributed by atoms with van der Waals surface area (Å²) in [7, 11) is -2.98. The molecule has 7 heteroatoms. The standard InChI is InChI=1S/C15H20N2O4S/c18-14(7-6-12-4-2-1-3-5-12)16-17-15(19)10-13-8-9-22(20,21)11-13/h1-5,13H,6-11H2,(H,16,18)(H,17,19)/t13-/m0/s1. The molecule has 2 rings (SSSR count). The van der Waals surface area contributed by atoms with Crippen LogP contribution in [0.2, 0.25) is 0 Å². The van der Waals surface area contributed by atoms with Crippen LogP contribution in [0, 0.1) is 5.92 Å². The number of amides is 2. The van der Waals surface area contributed by atoms with E-state index in [0.717, 1.165) is 5.56 Å². The van der Waals surface area contributed by atoms with Crippen molar-refractivity contribution in [1.82, 2.24) is 10.9 Å². The molecule has 6 nitrogen and oxygen atoms in total. The molecule has 0 radical (unpaired) electrons. The van der Waals surface area contributed by atoms with Gasteiger partial charge < -0.3 is 0 Å². The lowest BCUT2D eigenvalue weighted by atomic mass is 10.1. The first-order valence-electron chi connectivity index (χ1n) is 7.27. The van der Waals surface area contributed by atoms with Gasteiger partial charge in [-0.2, -0.15) is 0 Å². The van der Waals surface area contributed by atoms with E-state index in [9.17, 15) is 18.0 Å². The maximum atomic E-state index is 11.7. The Hall–Kier alpha value is -1.89. The average molecular weight is 324 g/mol. The van der Waals surface area contributed by atoms with Crippen molar-refractivity contribution >= 4 is 21.7 Å². The predicted molar refractivity (Wildman–Crippen MR) is 82.4 cm³/mol. The van der Waals surface area contributed by atoms with Crippen molar-refractivity contribution < 1.29 is 18.0 Å². The van der Waals surface area contributed by atoms with Crippen LogP contribution in [0.3, 0.4) is 0 Å². The second-order valence-electron chi connectivity index (χ2n) is 5.56. The summed E-state index contributed by atoms with van der Waals surface area (Å²) in [6.07, 6.45) is 1.52. The number of hydrazine groups is 1. The van der Waals surface area contributed by atoms with E-state index in [1.807, 2.05) is 30.3 Å². The molecule has 2 N–H and O–H groups in total. The Balaban J connectivity index is 1.65. The van der Waals surface area contributed by atoms with Gasteiger partial charge in [0.05, 0.1) is 11.5 Å². The van der Waals surface area contributed by atoms with Gasteiger partial charge in [0, 0.05) is 12.8 Å². The van der Waals surface area contributed by atoms with Gasteiger partial charge in [-0.15, -0.1) is 0 Å². The highest BCUT2D eigenvalue weighted by Crippen LogP contribution is 2.21. The second-order valence-corrected chi connectivity index (χ2v) is 7.78. The Morgan fingerprint density at radius 2 is 1.77 bits per heavy atom. The number of benzene rings is 1. The first-order valence-corrected chi connectivity index (χ1v) is 9.09. The summed E-state index contributed by atoms with van der Waals surface area (Å²) in [5.41, 5.74) is 5.75. The highest BCUT2D eigenvalue weighted by molar-refractivity contribution is 7.91. The monoisotopic (exact) mass is 324 g/mol. The van der Waals surface area contributed by atoms with E-state index in [1.54, 1.807) is 0 Å². The van der Waals surface area contributed by atoms with E-state index in [1.165, 1.54) is 0 Å². The van der Waals surface area contributed by atoms with Gasteiger partial charge in [0.25, 0.3) is 0 Å².